The van der Waals surface area contributed by atoms with Crippen LogP contribution >= 0.6 is 0 Å². The van der Waals surface area contributed by atoms with Crippen molar-refractivity contribution < 1.29 is 9.50 Å². The van der Waals surface area contributed by atoms with Crippen LogP contribution in [0.3, 0.4) is 0 Å². The van der Waals surface area contributed by atoms with Crippen molar-refractivity contribution in [3.63, 3.8) is 0 Å². The van der Waals surface area contributed by atoms with Gasteiger partial charge in [0.05, 0.1) is 5.60 Å². The smallest absolute Gasteiger partial charge is 0.123 e. The summed E-state index contributed by atoms with van der Waals surface area (Å²) >= 11 is 0. The summed E-state index contributed by atoms with van der Waals surface area (Å²) in [5.74, 6) is -0.218. The van der Waals surface area contributed by atoms with E-state index < -0.39 is 5.60 Å². The van der Waals surface area contributed by atoms with Gasteiger partial charge in [0.2, 0.25) is 0 Å². The maximum atomic E-state index is 13.0. The Morgan fingerprint density at radius 2 is 1.79 bits per heavy atom. The highest BCUT2D eigenvalue weighted by Gasteiger charge is 2.43. The van der Waals surface area contributed by atoms with E-state index in [-0.39, 0.29) is 11.7 Å². The summed E-state index contributed by atoms with van der Waals surface area (Å²) in [6, 6.07) is 10.2. The van der Waals surface area contributed by atoms with Crippen LogP contribution in [0.4, 0.5) is 4.39 Å². The molecule has 1 aromatic carbocycles. The number of benzene rings is 1. The number of hydrogen-bond donors (Lipinski definition) is 1. The van der Waals surface area contributed by atoms with Crippen molar-refractivity contribution in [3.05, 3.63) is 65.7 Å². The molecule has 0 radical (unpaired) electrons. The molecule has 0 unspecified atom stereocenters. The van der Waals surface area contributed by atoms with E-state index in [0.717, 1.165) is 30.4 Å². The van der Waals surface area contributed by atoms with Crippen LogP contribution in [0, 0.1) is 5.82 Å². The predicted molar refractivity (Wildman–Crippen MR) is 71.1 cm³/mol. The minimum Gasteiger partial charge on any atom is -0.385 e. The Labute approximate surface area is 111 Å². The van der Waals surface area contributed by atoms with E-state index >= 15 is 0 Å². The summed E-state index contributed by atoms with van der Waals surface area (Å²) in [6.45, 7) is 0. The fourth-order valence-electron chi connectivity index (χ4n) is 3.11. The van der Waals surface area contributed by atoms with Crippen LogP contribution in [0.5, 0.6) is 0 Å². The fourth-order valence-corrected chi connectivity index (χ4v) is 3.11. The van der Waals surface area contributed by atoms with E-state index in [1.54, 1.807) is 24.5 Å². The number of hydrogen-bond acceptors (Lipinski definition) is 2. The van der Waals surface area contributed by atoms with E-state index in [4.69, 9.17) is 0 Å². The molecule has 0 aliphatic heterocycles. The summed E-state index contributed by atoms with van der Waals surface area (Å²) in [4.78, 5) is 4.00. The topological polar surface area (TPSA) is 33.1 Å². The Hall–Kier alpha value is -1.74. The molecule has 19 heavy (non-hydrogen) atoms. The van der Waals surface area contributed by atoms with Gasteiger partial charge in [-0.05, 0) is 54.7 Å². The number of pyridine rings is 1. The highest BCUT2D eigenvalue weighted by atomic mass is 19.1. The minimum absolute atomic E-state index is 0.0236. The maximum absolute atomic E-state index is 13.0. The lowest BCUT2D eigenvalue weighted by Crippen LogP contribution is -2.28. The molecule has 2 nitrogen and oxygen atoms in total. The Bertz CT molecular complexity index is 555. The third-order valence-corrected chi connectivity index (χ3v) is 4.08. The van der Waals surface area contributed by atoms with Gasteiger partial charge in [0.15, 0.2) is 0 Å². The third-order valence-electron chi connectivity index (χ3n) is 4.08. The molecule has 3 rings (SSSR count). The molecule has 1 aromatic heterocycles. The number of aliphatic hydroxyl groups is 1. The standard InChI is InChI=1S/C16H16FNO/c17-14-5-3-12(4-6-14)15-2-1-9-16(15,19)13-7-10-18-11-8-13/h3-8,10-11,15,19H,1-2,9H2/t15-,16+/m0/s1. The monoisotopic (exact) mass is 257 g/mol. The van der Waals surface area contributed by atoms with Gasteiger partial charge in [0.1, 0.15) is 5.82 Å². The second kappa shape index (κ2) is 4.74. The van der Waals surface area contributed by atoms with Crippen LogP contribution in [-0.4, -0.2) is 10.1 Å². The number of rotatable bonds is 2. The Balaban J connectivity index is 1.99. The zero-order valence-electron chi connectivity index (χ0n) is 10.6. The molecule has 0 amide bonds. The number of aromatic nitrogens is 1. The molecule has 1 saturated carbocycles. The second-order valence-electron chi connectivity index (χ2n) is 5.16. The summed E-state index contributed by atoms with van der Waals surface area (Å²) < 4.78 is 13.0. The van der Waals surface area contributed by atoms with Gasteiger partial charge in [0, 0.05) is 18.3 Å². The van der Waals surface area contributed by atoms with E-state index in [1.165, 1.54) is 12.1 Å². The van der Waals surface area contributed by atoms with E-state index in [2.05, 4.69) is 4.98 Å². The maximum Gasteiger partial charge on any atom is 0.123 e. The van der Waals surface area contributed by atoms with E-state index in [9.17, 15) is 9.50 Å². The lowest BCUT2D eigenvalue weighted by Gasteiger charge is -2.31. The predicted octanol–water partition coefficient (Wildman–Crippen LogP) is 3.38. The van der Waals surface area contributed by atoms with Gasteiger partial charge in [0.25, 0.3) is 0 Å². The van der Waals surface area contributed by atoms with Gasteiger partial charge in [-0.3, -0.25) is 4.98 Å². The van der Waals surface area contributed by atoms with Crippen molar-refractivity contribution in [1.82, 2.24) is 4.98 Å². The molecule has 2 aromatic rings. The highest BCUT2D eigenvalue weighted by Crippen LogP contribution is 2.49. The van der Waals surface area contributed by atoms with Crippen molar-refractivity contribution in [1.29, 1.82) is 0 Å². The summed E-state index contributed by atoms with van der Waals surface area (Å²) in [5, 5.41) is 11.0. The molecular formula is C16H16FNO. The van der Waals surface area contributed by atoms with Gasteiger partial charge >= 0.3 is 0 Å². The van der Waals surface area contributed by atoms with Crippen molar-refractivity contribution in [2.24, 2.45) is 0 Å². The van der Waals surface area contributed by atoms with Gasteiger partial charge in [-0.25, -0.2) is 4.39 Å². The average molecular weight is 257 g/mol. The molecule has 98 valence electrons. The van der Waals surface area contributed by atoms with Crippen LogP contribution in [-0.2, 0) is 5.60 Å². The zero-order chi connectivity index (χ0) is 13.3. The van der Waals surface area contributed by atoms with Gasteiger partial charge in [-0.15, -0.1) is 0 Å². The second-order valence-corrected chi connectivity index (χ2v) is 5.16. The van der Waals surface area contributed by atoms with E-state index in [0.29, 0.717) is 0 Å². The molecule has 0 bridgehead atoms. The van der Waals surface area contributed by atoms with Gasteiger partial charge < -0.3 is 5.11 Å². The van der Waals surface area contributed by atoms with Gasteiger partial charge in [-0.2, -0.15) is 0 Å². The molecule has 2 atom stereocenters. The largest absolute Gasteiger partial charge is 0.385 e. The summed E-state index contributed by atoms with van der Waals surface area (Å²) in [6.07, 6.45) is 6.03. The van der Waals surface area contributed by atoms with Crippen LogP contribution in [0.25, 0.3) is 0 Å². The Morgan fingerprint density at radius 3 is 2.47 bits per heavy atom. The molecule has 1 aliphatic rings. The number of nitrogens with zero attached hydrogens (tertiary/aromatic N) is 1. The third kappa shape index (κ3) is 2.15. The molecule has 1 heterocycles. The summed E-state index contributed by atoms with van der Waals surface area (Å²) in [7, 11) is 0. The molecule has 3 heteroatoms. The van der Waals surface area contributed by atoms with Crippen molar-refractivity contribution in [2.45, 2.75) is 30.8 Å². The average Bonchev–Trinajstić information content (AvgIpc) is 2.84. The van der Waals surface area contributed by atoms with Crippen molar-refractivity contribution >= 4 is 0 Å². The lowest BCUT2D eigenvalue weighted by molar-refractivity contribution is 0.0258. The lowest BCUT2D eigenvalue weighted by atomic mass is 9.80. The molecule has 0 saturated heterocycles. The zero-order valence-corrected chi connectivity index (χ0v) is 10.6. The fraction of sp³-hybridized carbons (Fsp3) is 0.312. The first-order valence-corrected chi connectivity index (χ1v) is 6.58. The quantitative estimate of drug-likeness (QED) is 0.894. The van der Waals surface area contributed by atoms with Crippen LogP contribution < -0.4 is 0 Å². The Kier molecular flexibility index (Phi) is 3.07. The first-order chi connectivity index (χ1) is 9.20. The molecule has 0 spiro atoms. The van der Waals surface area contributed by atoms with Crippen LogP contribution in [0.1, 0.15) is 36.3 Å². The minimum atomic E-state index is -0.860. The van der Waals surface area contributed by atoms with E-state index in [1.807, 2.05) is 12.1 Å². The number of halogens is 1. The van der Waals surface area contributed by atoms with Crippen molar-refractivity contribution in [3.8, 4) is 0 Å². The highest BCUT2D eigenvalue weighted by molar-refractivity contribution is 5.32. The molecular weight excluding hydrogens is 241 g/mol. The molecule has 1 fully saturated rings. The normalized spacial score (nSPS) is 26.5. The van der Waals surface area contributed by atoms with Crippen LogP contribution in [0.15, 0.2) is 48.8 Å². The molecule has 1 N–H and O–H groups in total. The molecule has 1 aliphatic carbocycles. The SMILES string of the molecule is O[C@@]1(c2ccncc2)CCC[C@H]1c1ccc(F)cc1. The summed E-state index contributed by atoms with van der Waals surface area (Å²) in [5.41, 5.74) is 1.04. The first-order valence-electron chi connectivity index (χ1n) is 6.58. The Morgan fingerprint density at radius 1 is 1.11 bits per heavy atom. The van der Waals surface area contributed by atoms with Crippen LogP contribution in [0.2, 0.25) is 0 Å². The first kappa shape index (κ1) is 12.3. The van der Waals surface area contributed by atoms with Crippen molar-refractivity contribution in [2.75, 3.05) is 0 Å². The van der Waals surface area contributed by atoms with Gasteiger partial charge in [-0.1, -0.05) is 12.1 Å².